The second-order valence-corrected chi connectivity index (χ2v) is 7.22. The third-order valence-electron chi connectivity index (χ3n) is 4.15. The number of methoxy groups -OCH3 is 2. The molecule has 0 radical (unpaired) electrons. The summed E-state index contributed by atoms with van der Waals surface area (Å²) in [5, 5.41) is 0. The van der Waals surface area contributed by atoms with Crippen LogP contribution < -0.4 is 20.3 Å². The lowest BCUT2D eigenvalue weighted by Gasteiger charge is -2.19. The maximum absolute atomic E-state index is 12.2. The summed E-state index contributed by atoms with van der Waals surface area (Å²) in [4.78, 5) is 24.1. The van der Waals surface area contributed by atoms with Crippen molar-refractivity contribution in [2.24, 2.45) is 0 Å². The molecular formula is C22H26N2O4. The number of benzene rings is 2. The van der Waals surface area contributed by atoms with Gasteiger partial charge in [-0.15, -0.1) is 0 Å². The number of carbonyl (C=O) groups excluding carboxylic acids is 2. The SMILES string of the molecule is COc1ccc(/C=C/C(=O)NNC(=O)c2ccc(C(C)(C)C)cc2)cc1OC. The largest absolute Gasteiger partial charge is 0.493 e. The predicted octanol–water partition coefficient (Wildman–Crippen LogP) is 3.48. The van der Waals surface area contributed by atoms with Gasteiger partial charge in [-0.2, -0.15) is 0 Å². The Labute approximate surface area is 165 Å². The minimum Gasteiger partial charge on any atom is -0.493 e. The molecule has 0 aliphatic carbocycles. The summed E-state index contributed by atoms with van der Waals surface area (Å²) in [6, 6.07) is 12.6. The highest BCUT2D eigenvalue weighted by atomic mass is 16.5. The van der Waals surface area contributed by atoms with E-state index in [0.717, 1.165) is 11.1 Å². The molecule has 0 atom stereocenters. The molecule has 6 heteroatoms. The first-order chi connectivity index (χ1) is 13.2. The van der Waals surface area contributed by atoms with Gasteiger partial charge in [-0.05, 0) is 46.9 Å². The van der Waals surface area contributed by atoms with E-state index in [1.807, 2.05) is 12.1 Å². The second kappa shape index (κ2) is 9.08. The highest BCUT2D eigenvalue weighted by Crippen LogP contribution is 2.28. The molecule has 0 aliphatic rings. The highest BCUT2D eigenvalue weighted by molar-refractivity contribution is 5.98. The summed E-state index contributed by atoms with van der Waals surface area (Å²) in [5.74, 6) is 0.341. The first-order valence-corrected chi connectivity index (χ1v) is 8.85. The zero-order chi connectivity index (χ0) is 20.7. The van der Waals surface area contributed by atoms with Crippen LogP contribution in [0.3, 0.4) is 0 Å². The Balaban J connectivity index is 1.93. The van der Waals surface area contributed by atoms with Crippen LogP contribution in [0.2, 0.25) is 0 Å². The fourth-order valence-corrected chi connectivity index (χ4v) is 2.48. The second-order valence-electron chi connectivity index (χ2n) is 7.22. The zero-order valence-corrected chi connectivity index (χ0v) is 16.8. The average molecular weight is 382 g/mol. The van der Waals surface area contributed by atoms with Crippen molar-refractivity contribution < 1.29 is 19.1 Å². The fraction of sp³-hybridized carbons (Fsp3) is 0.273. The molecule has 2 N–H and O–H groups in total. The van der Waals surface area contributed by atoms with Crippen LogP contribution in [0.5, 0.6) is 11.5 Å². The number of hydrazine groups is 1. The molecule has 2 rings (SSSR count). The predicted molar refractivity (Wildman–Crippen MR) is 109 cm³/mol. The van der Waals surface area contributed by atoms with Gasteiger partial charge < -0.3 is 9.47 Å². The summed E-state index contributed by atoms with van der Waals surface area (Å²) in [7, 11) is 3.10. The van der Waals surface area contributed by atoms with Crippen molar-refractivity contribution in [1.82, 2.24) is 10.9 Å². The molecule has 0 aromatic heterocycles. The van der Waals surface area contributed by atoms with Gasteiger partial charge in [0.1, 0.15) is 0 Å². The topological polar surface area (TPSA) is 76.7 Å². The van der Waals surface area contributed by atoms with E-state index in [2.05, 4.69) is 31.6 Å². The van der Waals surface area contributed by atoms with Crippen molar-refractivity contribution in [1.29, 1.82) is 0 Å². The maximum atomic E-state index is 12.2. The first kappa shape index (κ1) is 21.0. The van der Waals surface area contributed by atoms with Gasteiger partial charge in [-0.1, -0.05) is 39.0 Å². The molecule has 0 aliphatic heterocycles. The quantitative estimate of drug-likeness (QED) is 0.613. The summed E-state index contributed by atoms with van der Waals surface area (Å²) >= 11 is 0. The Morgan fingerprint density at radius 1 is 0.893 bits per heavy atom. The molecule has 2 aromatic carbocycles. The van der Waals surface area contributed by atoms with Crippen molar-refractivity contribution in [3.8, 4) is 11.5 Å². The summed E-state index contributed by atoms with van der Waals surface area (Å²) in [6.07, 6.45) is 2.94. The molecule has 0 saturated carbocycles. The van der Waals surface area contributed by atoms with Crippen molar-refractivity contribution in [2.75, 3.05) is 14.2 Å². The van der Waals surface area contributed by atoms with Crippen LogP contribution in [0, 0.1) is 0 Å². The fourth-order valence-electron chi connectivity index (χ4n) is 2.48. The van der Waals surface area contributed by atoms with Gasteiger partial charge in [-0.25, -0.2) is 0 Å². The van der Waals surface area contributed by atoms with Gasteiger partial charge >= 0.3 is 0 Å². The molecule has 2 amide bonds. The van der Waals surface area contributed by atoms with Crippen molar-refractivity contribution in [3.63, 3.8) is 0 Å². The van der Waals surface area contributed by atoms with Crippen molar-refractivity contribution in [2.45, 2.75) is 26.2 Å². The van der Waals surface area contributed by atoms with Gasteiger partial charge in [0.05, 0.1) is 14.2 Å². The van der Waals surface area contributed by atoms with E-state index in [9.17, 15) is 9.59 Å². The lowest BCUT2D eigenvalue weighted by Crippen LogP contribution is -2.40. The van der Waals surface area contributed by atoms with E-state index in [0.29, 0.717) is 17.1 Å². The van der Waals surface area contributed by atoms with Crippen molar-refractivity contribution in [3.05, 3.63) is 65.2 Å². The van der Waals surface area contributed by atoms with Crippen LogP contribution in [0.1, 0.15) is 42.3 Å². The molecule has 0 saturated heterocycles. The average Bonchev–Trinajstić information content (AvgIpc) is 2.69. The number of hydrogen-bond acceptors (Lipinski definition) is 4. The number of hydrogen-bond donors (Lipinski definition) is 2. The number of amides is 2. The number of nitrogens with one attached hydrogen (secondary N) is 2. The third-order valence-corrected chi connectivity index (χ3v) is 4.15. The Morgan fingerprint density at radius 2 is 1.54 bits per heavy atom. The van der Waals surface area contributed by atoms with Crippen LogP contribution >= 0.6 is 0 Å². The number of rotatable bonds is 5. The third kappa shape index (κ3) is 5.61. The van der Waals surface area contributed by atoms with Gasteiger partial charge in [0, 0.05) is 11.6 Å². The highest BCUT2D eigenvalue weighted by Gasteiger charge is 2.14. The van der Waals surface area contributed by atoms with Gasteiger partial charge in [-0.3, -0.25) is 20.4 Å². The molecule has 2 aromatic rings. The van der Waals surface area contributed by atoms with Gasteiger partial charge in [0.2, 0.25) is 0 Å². The molecule has 148 valence electrons. The molecule has 0 spiro atoms. The molecule has 6 nitrogen and oxygen atoms in total. The lowest BCUT2D eigenvalue weighted by molar-refractivity contribution is -0.117. The Bertz CT molecular complexity index is 865. The zero-order valence-electron chi connectivity index (χ0n) is 16.8. The summed E-state index contributed by atoms with van der Waals surface area (Å²) in [5.41, 5.74) is 7.14. The normalized spacial score (nSPS) is 11.2. The maximum Gasteiger partial charge on any atom is 0.269 e. The van der Waals surface area contributed by atoms with Crippen LogP contribution in [0.4, 0.5) is 0 Å². The van der Waals surface area contributed by atoms with E-state index in [1.54, 1.807) is 50.6 Å². The molecule has 0 unspecified atom stereocenters. The molecule has 0 fully saturated rings. The van der Waals surface area contributed by atoms with Crippen LogP contribution in [0.15, 0.2) is 48.5 Å². The minimum absolute atomic E-state index is 0.0121. The van der Waals surface area contributed by atoms with Gasteiger partial charge in [0.15, 0.2) is 11.5 Å². The summed E-state index contributed by atoms with van der Waals surface area (Å²) < 4.78 is 10.4. The van der Waals surface area contributed by atoms with E-state index in [1.165, 1.54) is 6.08 Å². The van der Waals surface area contributed by atoms with E-state index in [-0.39, 0.29) is 11.3 Å². The Hall–Kier alpha value is -3.28. The molecule has 0 bridgehead atoms. The van der Waals surface area contributed by atoms with Crippen LogP contribution in [-0.2, 0) is 10.2 Å². The smallest absolute Gasteiger partial charge is 0.269 e. The van der Waals surface area contributed by atoms with E-state index >= 15 is 0 Å². The molecule has 0 heterocycles. The van der Waals surface area contributed by atoms with E-state index < -0.39 is 5.91 Å². The standard InChI is InChI=1S/C22H26N2O4/c1-22(2,3)17-10-8-16(9-11-17)21(26)24-23-20(25)13-7-15-6-12-18(27-4)19(14-15)28-5/h6-14H,1-5H3,(H,23,25)(H,24,26)/b13-7+. The minimum atomic E-state index is -0.450. The summed E-state index contributed by atoms with van der Waals surface area (Å²) in [6.45, 7) is 6.31. The Kier molecular flexibility index (Phi) is 6.82. The number of ether oxygens (including phenoxy) is 2. The van der Waals surface area contributed by atoms with Gasteiger partial charge in [0.25, 0.3) is 11.8 Å². The molecular weight excluding hydrogens is 356 g/mol. The number of carbonyl (C=O) groups is 2. The van der Waals surface area contributed by atoms with E-state index in [4.69, 9.17) is 9.47 Å². The molecule has 28 heavy (non-hydrogen) atoms. The first-order valence-electron chi connectivity index (χ1n) is 8.85. The van der Waals surface area contributed by atoms with Crippen molar-refractivity contribution >= 4 is 17.9 Å². The van der Waals surface area contributed by atoms with Crippen LogP contribution in [0.25, 0.3) is 6.08 Å². The van der Waals surface area contributed by atoms with Crippen LogP contribution in [-0.4, -0.2) is 26.0 Å². The monoisotopic (exact) mass is 382 g/mol. The Morgan fingerprint density at radius 3 is 2.11 bits per heavy atom. The lowest BCUT2D eigenvalue weighted by atomic mass is 9.87.